The second-order valence-electron chi connectivity index (χ2n) is 7.07. The second kappa shape index (κ2) is 7.73. The zero-order valence-electron chi connectivity index (χ0n) is 14.9. The van der Waals surface area contributed by atoms with Crippen LogP contribution in [0, 0.1) is 0 Å². The van der Waals surface area contributed by atoms with Crippen LogP contribution in [0.4, 0.5) is 0 Å². The normalized spacial score (nSPS) is 16.2. The number of benzene rings is 1. The summed E-state index contributed by atoms with van der Waals surface area (Å²) in [5.74, 6) is 0.665. The molecule has 3 aromatic rings. The molecule has 2 heterocycles. The van der Waals surface area contributed by atoms with Gasteiger partial charge in [0.15, 0.2) is 5.76 Å². The minimum absolute atomic E-state index is 0.0121. The van der Waals surface area contributed by atoms with Crippen molar-refractivity contribution in [1.82, 2.24) is 10.3 Å². The van der Waals surface area contributed by atoms with Gasteiger partial charge in [-0.1, -0.05) is 50.3 Å². The molecule has 0 radical (unpaired) electrons. The Morgan fingerprint density at radius 2 is 1.77 bits per heavy atom. The molecule has 0 unspecified atom stereocenters. The quantitative estimate of drug-likeness (QED) is 0.695. The number of hydrogen-bond donors (Lipinski definition) is 1. The van der Waals surface area contributed by atoms with E-state index in [0.29, 0.717) is 17.0 Å². The maximum atomic E-state index is 13.1. The zero-order chi connectivity index (χ0) is 17.8. The minimum Gasteiger partial charge on any atom is -0.463 e. The summed E-state index contributed by atoms with van der Waals surface area (Å²) in [7, 11) is 0. The van der Waals surface area contributed by atoms with Crippen molar-refractivity contribution >= 4 is 16.8 Å². The van der Waals surface area contributed by atoms with Crippen molar-refractivity contribution < 1.29 is 9.21 Å². The number of aromatic nitrogens is 1. The van der Waals surface area contributed by atoms with Crippen molar-refractivity contribution in [2.24, 2.45) is 0 Å². The Morgan fingerprint density at radius 3 is 2.54 bits per heavy atom. The third-order valence-corrected chi connectivity index (χ3v) is 5.17. The lowest BCUT2D eigenvalue weighted by atomic mass is 9.96. The zero-order valence-corrected chi connectivity index (χ0v) is 14.9. The molecule has 4 nitrogen and oxygen atoms in total. The number of pyridine rings is 1. The highest BCUT2D eigenvalue weighted by Gasteiger charge is 2.19. The van der Waals surface area contributed by atoms with Gasteiger partial charge in [-0.05, 0) is 37.1 Å². The van der Waals surface area contributed by atoms with Crippen LogP contribution in [0.2, 0.25) is 0 Å². The first-order chi connectivity index (χ1) is 12.8. The second-order valence-corrected chi connectivity index (χ2v) is 7.07. The van der Waals surface area contributed by atoms with Gasteiger partial charge in [-0.15, -0.1) is 0 Å². The molecule has 0 spiro atoms. The van der Waals surface area contributed by atoms with E-state index in [1.54, 1.807) is 6.26 Å². The number of amides is 1. The Labute approximate surface area is 153 Å². The van der Waals surface area contributed by atoms with Crippen molar-refractivity contribution in [2.45, 2.75) is 51.0 Å². The summed E-state index contributed by atoms with van der Waals surface area (Å²) < 4.78 is 5.49. The molecule has 0 atom stereocenters. The Balaban J connectivity index is 1.66. The maximum absolute atomic E-state index is 13.1. The molecule has 4 rings (SSSR count). The maximum Gasteiger partial charge on any atom is 0.252 e. The lowest BCUT2D eigenvalue weighted by molar-refractivity contribution is 0.0932. The number of furan rings is 1. The summed E-state index contributed by atoms with van der Waals surface area (Å²) >= 11 is 0. The predicted molar refractivity (Wildman–Crippen MR) is 103 cm³/mol. The number of nitrogens with zero attached hydrogens (tertiary/aromatic N) is 1. The average molecular weight is 348 g/mol. The summed E-state index contributed by atoms with van der Waals surface area (Å²) in [6.07, 6.45) is 10.0. The number of hydrogen-bond acceptors (Lipinski definition) is 3. The Morgan fingerprint density at radius 1 is 1.00 bits per heavy atom. The largest absolute Gasteiger partial charge is 0.463 e. The fourth-order valence-electron chi connectivity index (χ4n) is 3.78. The molecular weight excluding hydrogens is 324 g/mol. The van der Waals surface area contributed by atoms with Gasteiger partial charge in [-0.2, -0.15) is 0 Å². The summed E-state index contributed by atoms with van der Waals surface area (Å²) in [6.45, 7) is 0. The van der Waals surface area contributed by atoms with E-state index in [0.717, 1.165) is 23.7 Å². The molecule has 1 aromatic carbocycles. The van der Waals surface area contributed by atoms with Gasteiger partial charge in [0, 0.05) is 11.4 Å². The highest BCUT2D eigenvalue weighted by Crippen LogP contribution is 2.26. The summed E-state index contributed by atoms with van der Waals surface area (Å²) in [6, 6.07) is 13.6. The van der Waals surface area contributed by atoms with Crippen molar-refractivity contribution in [2.75, 3.05) is 0 Å². The van der Waals surface area contributed by atoms with Crippen molar-refractivity contribution in [3.05, 3.63) is 54.3 Å². The SMILES string of the molecule is O=C(NC1CCCCCCC1)c1cc(-c2ccco2)nc2ccccc12. The molecule has 0 aliphatic heterocycles. The molecule has 1 aliphatic carbocycles. The van der Waals surface area contributed by atoms with E-state index >= 15 is 0 Å². The van der Waals surface area contributed by atoms with Crippen LogP contribution >= 0.6 is 0 Å². The van der Waals surface area contributed by atoms with Gasteiger partial charge in [0.2, 0.25) is 0 Å². The van der Waals surface area contributed by atoms with Crippen molar-refractivity contribution in [3.63, 3.8) is 0 Å². The Kier molecular flexibility index (Phi) is 5.00. The van der Waals surface area contributed by atoms with Crippen LogP contribution in [0.5, 0.6) is 0 Å². The van der Waals surface area contributed by atoms with Gasteiger partial charge in [0.05, 0.1) is 17.3 Å². The molecule has 4 heteroatoms. The van der Waals surface area contributed by atoms with E-state index in [-0.39, 0.29) is 11.9 Å². The number of nitrogens with one attached hydrogen (secondary N) is 1. The van der Waals surface area contributed by atoms with E-state index in [9.17, 15) is 4.79 Å². The van der Waals surface area contributed by atoms with Crippen LogP contribution in [-0.4, -0.2) is 16.9 Å². The van der Waals surface area contributed by atoms with Gasteiger partial charge in [-0.25, -0.2) is 4.98 Å². The fourth-order valence-corrected chi connectivity index (χ4v) is 3.78. The van der Waals surface area contributed by atoms with E-state index in [4.69, 9.17) is 4.42 Å². The van der Waals surface area contributed by atoms with Crippen LogP contribution in [-0.2, 0) is 0 Å². The van der Waals surface area contributed by atoms with Crippen LogP contribution in [0.3, 0.4) is 0 Å². The molecule has 134 valence electrons. The highest BCUT2D eigenvalue weighted by molar-refractivity contribution is 6.07. The van der Waals surface area contributed by atoms with Crippen molar-refractivity contribution in [1.29, 1.82) is 0 Å². The minimum atomic E-state index is -0.0121. The predicted octanol–water partition coefficient (Wildman–Crippen LogP) is 5.34. The fraction of sp³-hybridized carbons (Fsp3) is 0.364. The van der Waals surface area contributed by atoms with Gasteiger partial charge in [-0.3, -0.25) is 4.79 Å². The number of rotatable bonds is 3. The van der Waals surface area contributed by atoms with Crippen molar-refractivity contribution in [3.8, 4) is 11.5 Å². The highest BCUT2D eigenvalue weighted by atomic mass is 16.3. The molecule has 1 amide bonds. The topological polar surface area (TPSA) is 55.1 Å². The molecule has 26 heavy (non-hydrogen) atoms. The van der Waals surface area contributed by atoms with Crippen LogP contribution in [0.1, 0.15) is 55.3 Å². The first-order valence-electron chi connectivity index (χ1n) is 9.56. The summed E-state index contributed by atoms with van der Waals surface area (Å²) in [5, 5.41) is 4.15. The molecule has 1 aliphatic rings. The van der Waals surface area contributed by atoms with E-state index < -0.39 is 0 Å². The van der Waals surface area contributed by atoms with E-state index in [1.807, 2.05) is 42.5 Å². The summed E-state index contributed by atoms with van der Waals surface area (Å²) in [5.41, 5.74) is 2.17. The summed E-state index contributed by atoms with van der Waals surface area (Å²) in [4.78, 5) is 17.7. The van der Waals surface area contributed by atoms with Crippen LogP contribution in [0.25, 0.3) is 22.4 Å². The molecule has 0 bridgehead atoms. The van der Waals surface area contributed by atoms with Gasteiger partial charge in [0.25, 0.3) is 5.91 Å². The average Bonchev–Trinajstić information content (AvgIpc) is 3.17. The number of carbonyl (C=O) groups is 1. The van der Waals surface area contributed by atoms with Crippen LogP contribution in [0.15, 0.2) is 53.1 Å². The standard InChI is InChI=1S/C22H24N2O2/c25-22(23-16-9-4-2-1-3-5-10-16)18-15-20(21-13-8-14-26-21)24-19-12-7-6-11-17(18)19/h6-8,11-16H,1-5,9-10H2,(H,23,25). The monoisotopic (exact) mass is 348 g/mol. The van der Waals surface area contributed by atoms with Gasteiger partial charge >= 0.3 is 0 Å². The molecule has 1 N–H and O–H groups in total. The van der Waals surface area contributed by atoms with Crippen LogP contribution < -0.4 is 5.32 Å². The third-order valence-electron chi connectivity index (χ3n) is 5.17. The Hall–Kier alpha value is -2.62. The number of carbonyl (C=O) groups excluding carboxylic acids is 1. The molecule has 1 fully saturated rings. The molecule has 2 aromatic heterocycles. The number of para-hydroxylation sites is 1. The number of fused-ring (bicyclic) bond motifs is 1. The van der Waals surface area contributed by atoms with Gasteiger partial charge < -0.3 is 9.73 Å². The molecular formula is C22H24N2O2. The third kappa shape index (κ3) is 3.64. The first kappa shape index (κ1) is 16.8. The molecule has 1 saturated carbocycles. The molecule has 0 saturated heterocycles. The lowest BCUT2D eigenvalue weighted by Gasteiger charge is -2.21. The van der Waals surface area contributed by atoms with Gasteiger partial charge in [0.1, 0.15) is 5.69 Å². The smallest absolute Gasteiger partial charge is 0.252 e. The van der Waals surface area contributed by atoms with E-state index in [2.05, 4.69) is 10.3 Å². The van der Waals surface area contributed by atoms with E-state index in [1.165, 1.54) is 32.1 Å². The lowest BCUT2D eigenvalue weighted by Crippen LogP contribution is -2.35. The Bertz CT molecular complexity index is 878. The first-order valence-corrected chi connectivity index (χ1v) is 9.56.